The van der Waals surface area contributed by atoms with Crippen LogP contribution in [0.1, 0.15) is 0 Å². The third-order valence-corrected chi connectivity index (χ3v) is 0.265. The van der Waals surface area contributed by atoms with Crippen molar-refractivity contribution in [1.82, 2.24) is 0 Å². The number of rotatable bonds is 1. The van der Waals surface area contributed by atoms with E-state index < -0.39 is 5.76 Å². The van der Waals surface area contributed by atoms with Crippen LogP contribution in [-0.2, 0) is 0 Å². The van der Waals surface area contributed by atoms with Gasteiger partial charge in [0.15, 0.2) is 5.76 Å². The van der Waals surface area contributed by atoms with Gasteiger partial charge in [-0.1, -0.05) is 0 Å². The molecule has 0 aromatic heterocycles. The van der Waals surface area contributed by atoms with Gasteiger partial charge in [0.2, 0.25) is 0 Å². The summed E-state index contributed by atoms with van der Waals surface area (Å²) in [6.45, 7) is 0.389. The zero-order chi connectivity index (χ0) is 4.99. The Bertz CT molecular complexity index is 57.1. The summed E-state index contributed by atoms with van der Waals surface area (Å²) in [5.41, 5.74) is 0. The molecule has 3 heteroatoms. The molecule has 0 spiro atoms. The van der Waals surface area contributed by atoms with E-state index in [4.69, 9.17) is 15.3 Å². The lowest BCUT2D eigenvalue weighted by atomic mass is 10.6. The van der Waals surface area contributed by atoms with Crippen LogP contribution in [0.15, 0.2) is 12.0 Å². The quantitative estimate of drug-likeness (QED) is 0.409. The fraction of sp³-hybridized carbons (Fsp3) is 0. The Kier molecular flexibility index (Phi) is 2.24. The highest BCUT2D eigenvalue weighted by Gasteiger charge is 1.81. The highest BCUT2D eigenvalue weighted by atomic mass is 16.3. The minimum Gasteiger partial charge on any atom is -0.512 e. The molecule has 0 atom stereocenters. The van der Waals surface area contributed by atoms with E-state index in [1.165, 1.54) is 0 Å². The zero-order valence-electron chi connectivity index (χ0n) is 3.00. The molecule has 0 aliphatic rings. The van der Waals surface area contributed by atoms with Crippen LogP contribution in [-0.4, -0.2) is 15.3 Å². The molecule has 0 aliphatic heterocycles. The van der Waals surface area contributed by atoms with Crippen LogP contribution in [0.4, 0.5) is 0 Å². The lowest BCUT2D eigenvalue weighted by Gasteiger charge is -1.82. The van der Waals surface area contributed by atoms with Crippen molar-refractivity contribution >= 4 is 0 Å². The van der Waals surface area contributed by atoms with Gasteiger partial charge in [0.05, 0.1) is 0 Å². The molecule has 0 amide bonds. The maximum atomic E-state index is 7.97. The summed E-state index contributed by atoms with van der Waals surface area (Å²) in [6, 6.07) is 0. The molecule has 0 aromatic rings. The normalized spacial score (nSPS) is 11.8. The monoisotopic (exact) mass is 89.0 g/mol. The Morgan fingerprint density at radius 2 is 1.83 bits per heavy atom. The number of hydrogen-bond donors (Lipinski definition) is 3. The molecular weight excluding hydrogens is 84.0 g/mol. The average Bonchev–Trinajstić information content (AvgIpc) is 1.65. The van der Waals surface area contributed by atoms with Gasteiger partial charge in [-0.2, -0.15) is 0 Å². The fourth-order valence-corrected chi connectivity index (χ4v) is 0.0333. The maximum Gasteiger partial charge on any atom is 0.158 e. The molecule has 0 aliphatic carbocycles. The van der Waals surface area contributed by atoms with Crippen LogP contribution < -0.4 is 0 Å². The molecule has 1 radical (unpaired) electrons. The van der Waals surface area contributed by atoms with Gasteiger partial charge in [-0.15, -0.1) is 0 Å². The summed E-state index contributed by atoms with van der Waals surface area (Å²) >= 11 is 0. The molecule has 0 heterocycles. The van der Waals surface area contributed by atoms with Crippen molar-refractivity contribution in [3.05, 3.63) is 18.6 Å². The summed E-state index contributed by atoms with van der Waals surface area (Å²) in [6.07, 6.45) is 0.389. The van der Waals surface area contributed by atoms with Gasteiger partial charge < -0.3 is 15.3 Å². The van der Waals surface area contributed by atoms with E-state index in [0.29, 0.717) is 12.9 Å². The maximum absolute atomic E-state index is 7.97. The topological polar surface area (TPSA) is 60.7 Å². The van der Waals surface area contributed by atoms with Crippen molar-refractivity contribution in [2.45, 2.75) is 0 Å². The van der Waals surface area contributed by atoms with Crippen molar-refractivity contribution in [1.29, 1.82) is 0 Å². The van der Waals surface area contributed by atoms with Gasteiger partial charge in [-0.25, -0.2) is 0 Å². The van der Waals surface area contributed by atoms with Crippen molar-refractivity contribution < 1.29 is 15.3 Å². The zero-order valence-corrected chi connectivity index (χ0v) is 3.00. The molecule has 0 rings (SSSR count). The first-order valence-electron chi connectivity index (χ1n) is 1.32. The molecule has 0 saturated heterocycles. The van der Waals surface area contributed by atoms with Gasteiger partial charge in [-0.3, -0.25) is 0 Å². The molecule has 0 aromatic carbocycles. The standard InChI is InChI=1S/C3H5O3/c4-1-3(6)2-5/h1-2,4-6H/b3-1+. The number of aliphatic hydroxyl groups is 3. The van der Waals surface area contributed by atoms with Crippen LogP contribution in [0.25, 0.3) is 0 Å². The highest BCUT2D eigenvalue weighted by molar-refractivity contribution is 4.90. The summed E-state index contributed by atoms with van der Waals surface area (Å²) in [4.78, 5) is 0. The first kappa shape index (κ1) is 5.30. The summed E-state index contributed by atoms with van der Waals surface area (Å²) < 4.78 is 0. The Labute approximate surface area is 35.2 Å². The Morgan fingerprint density at radius 3 is 1.83 bits per heavy atom. The molecule has 0 fully saturated rings. The second-order valence-electron chi connectivity index (χ2n) is 0.683. The Morgan fingerprint density at radius 1 is 1.33 bits per heavy atom. The van der Waals surface area contributed by atoms with Crippen LogP contribution in [0.3, 0.4) is 0 Å². The Balaban J connectivity index is 3.22. The van der Waals surface area contributed by atoms with Crippen molar-refractivity contribution in [2.75, 3.05) is 0 Å². The third kappa shape index (κ3) is 1.60. The van der Waals surface area contributed by atoms with E-state index in [1.54, 1.807) is 0 Å². The smallest absolute Gasteiger partial charge is 0.158 e. The van der Waals surface area contributed by atoms with E-state index in [0.717, 1.165) is 0 Å². The molecule has 35 valence electrons. The lowest BCUT2D eigenvalue weighted by Crippen LogP contribution is -1.77. The van der Waals surface area contributed by atoms with E-state index in [-0.39, 0.29) is 0 Å². The van der Waals surface area contributed by atoms with Crippen LogP contribution >= 0.6 is 0 Å². The predicted octanol–water partition coefficient (Wildman–Crippen LogP) is 0.478. The fourth-order valence-electron chi connectivity index (χ4n) is 0.0333. The van der Waals surface area contributed by atoms with E-state index in [9.17, 15) is 0 Å². The minimum atomic E-state index is -0.546. The molecule has 0 saturated carbocycles. The molecule has 6 heavy (non-hydrogen) atoms. The molecule has 3 N–H and O–H groups in total. The van der Waals surface area contributed by atoms with Gasteiger partial charge in [0.25, 0.3) is 0 Å². The largest absolute Gasteiger partial charge is 0.512 e. The van der Waals surface area contributed by atoms with Gasteiger partial charge >= 0.3 is 0 Å². The van der Waals surface area contributed by atoms with Crippen LogP contribution in [0, 0.1) is 6.61 Å². The molecule has 0 unspecified atom stereocenters. The summed E-state index contributed by atoms with van der Waals surface area (Å²) in [7, 11) is 0. The van der Waals surface area contributed by atoms with E-state index in [2.05, 4.69) is 0 Å². The second-order valence-corrected chi connectivity index (χ2v) is 0.683. The predicted molar refractivity (Wildman–Crippen MR) is 19.6 cm³/mol. The van der Waals surface area contributed by atoms with Crippen LogP contribution in [0.5, 0.6) is 0 Å². The van der Waals surface area contributed by atoms with E-state index >= 15 is 0 Å². The number of aliphatic hydroxyl groups excluding tert-OH is 3. The average molecular weight is 89.1 g/mol. The second kappa shape index (κ2) is 2.53. The van der Waals surface area contributed by atoms with Gasteiger partial charge in [0, 0.05) is 0 Å². The molecular formula is C3H5O3. The highest BCUT2D eigenvalue weighted by Crippen LogP contribution is 1.83. The first-order valence-corrected chi connectivity index (χ1v) is 1.32. The summed E-state index contributed by atoms with van der Waals surface area (Å²) in [5.74, 6) is -0.546. The first-order chi connectivity index (χ1) is 2.81. The summed E-state index contributed by atoms with van der Waals surface area (Å²) in [5, 5.41) is 23.4. The van der Waals surface area contributed by atoms with Gasteiger partial charge in [0.1, 0.15) is 12.9 Å². The third-order valence-electron chi connectivity index (χ3n) is 0.265. The molecule has 0 bridgehead atoms. The minimum absolute atomic E-state index is 0.389. The molecule has 3 nitrogen and oxygen atoms in total. The SMILES string of the molecule is O[CH]/C(O)=C\O. The van der Waals surface area contributed by atoms with Crippen LogP contribution in [0.2, 0.25) is 0 Å². The van der Waals surface area contributed by atoms with Gasteiger partial charge in [-0.05, 0) is 0 Å². The van der Waals surface area contributed by atoms with Crippen molar-refractivity contribution in [3.63, 3.8) is 0 Å². The number of hydrogen-bond acceptors (Lipinski definition) is 3. The van der Waals surface area contributed by atoms with E-state index in [1.807, 2.05) is 0 Å². The Hall–Kier alpha value is -0.700. The van der Waals surface area contributed by atoms with Crippen molar-refractivity contribution in [3.8, 4) is 0 Å². The van der Waals surface area contributed by atoms with Crippen molar-refractivity contribution in [2.24, 2.45) is 0 Å². The lowest BCUT2D eigenvalue weighted by molar-refractivity contribution is 0.296.